The van der Waals surface area contributed by atoms with Gasteiger partial charge in [-0.15, -0.1) is 0 Å². The average Bonchev–Trinajstić information content (AvgIpc) is 2.46. The second-order valence-electron chi connectivity index (χ2n) is 5.55. The van der Waals surface area contributed by atoms with E-state index in [2.05, 4.69) is 35.5 Å². The molecule has 0 bridgehead atoms. The van der Waals surface area contributed by atoms with Gasteiger partial charge in [0.25, 0.3) is 0 Å². The van der Waals surface area contributed by atoms with Crippen LogP contribution in [0, 0.1) is 5.92 Å². The third-order valence-electron chi connectivity index (χ3n) is 4.00. The lowest BCUT2D eigenvalue weighted by atomic mass is 9.97. The summed E-state index contributed by atoms with van der Waals surface area (Å²) in [6.07, 6.45) is 3.75. The molecule has 1 fully saturated rings. The third-order valence-corrected chi connectivity index (χ3v) is 4.00. The van der Waals surface area contributed by atoms with Crippen LogP contribution in [0.3, 0.4) is 0 Å². The minimum absolute atomic E-state index is 0.863. The maximum atomic E-state index is 5.24. The molecule has 3 nitrogen and oxygen atoms in total. The largest absolute Gasteiger partial charge is 0.497 e. The van der Waals surface area contributed by atoms with Crippen molar-refractivity contribution in [3.05, 3.63) is 29.8 Å². The number of nitrogens with one attached hydrogen (secondary N) is 1. The Morgan fingerprint density at radius 2 is 2.11 bits per heavy atom. The van der Waals surface area contributed by atoms with Crippen LogP contribution in [-0.2, 0) is 6.42 Å². The molecule has 1 aromatic carbocycles. The molecule has 1 aromatic rings. The highest BCUT2D eigenvalue weighted by molar-refractivity contribution is 5.28. The van der Waals surface area contributed by atoms with Crippen molar-refractivity contribution in [2.24, 2.45) is 5.92 Å². The fourth-order valence-electron chi connectivity index (χ4n) is 2.63. The van der Waals surface area contributed by atoms with E-state index in [4.69, 9.17) is 4.74 Å². The summed E-state index contributed by atoms with van der Waals surface area (Å²) in [5.74, 6) is 1.81. The summed E-state index contributed by atoms with van der Waals surface area (Å²) >= 11 is 0. The molecule has 1 N–H and O–H groups in total. The Morgan fingerprint density at radius 3 is 2.84 bits per heavy atom. The van der Waals surface area contributed by atoms with Gasteiger partial charge < -0.3 is 15.0 Å². The van der Waals surface area contributed by atoms with E-state index in [-0.39, 0.29) is 0 Å². The molecule has 0 aromatic heterocycles. The Balaban J connectivity index is 1.63. The van der Waals surface area contributed by atoms with Gasteiger partial charge in [0.2, 0.25) is 0 Å². The topological polar surface area (TPSA) is 24.5 Å². The molecular weight excluding hydrogens is 236 g/mol. The van der Waals surface area contributed by atoms with E-state index >= 15 is 0 Å². The van der Waals surface area contributed by atoms with Crippen molar-refractivity contribution in [1.29, 1.82) is 0 Å². The lowest BCUT2D eigenvalue weighted by Crippen LogP contribution is -2.35. The fourth-order valence-corrected chi connectivity index (χ4v) is 2.63. The molecule has 0 atom stereocenters. The van der Waals surface area contributed by atoms with E-state index in [0.717, 1.165) is 31.2 Å². The Labute approximate surface area is 116 Å². The zero-order valence-corrected chi connectivity index (χ0v) is 12.2. The second kappa shape index (κ2) is 7.51. The van der Waals surface area contributed by atoms with Gasteiger partial charge in [0.05, 0.1) is 7.11 Å². The van der Waals surface area contributed by atoms with Gasteiger partial charge in [-0.3, -0.25) is 0 Å². The maximum Gasteiger partial charge on any atom is 0.119 e. The van der Waals surface area contributed by atoms with Gasteiger partial charge in [-0.25, -0.2) is 0 Å². The van der Waals surface area contributed by atoms with E-state index in [1.807, 2.05) is 6.07 Å². The van der Waals surface area contributed by atoms with Crippen molar-refractivity contribution < 1.29 is 4.74 Å². The zero-order valence-electron chi connectivity index (χ0n) is 12.2. The van der Waals surface area contributed by atoms with Crippen LogP contribution in [0.1, 0.15) is 18.4 Å². The van der Waals surface area contributed by atoms with Gasteiger partial charge in [0.1, 0.15) is 5.75 Å². The number of hydrogen-bond acceptors (Lipinski definition) is 3. The first-order chi connectivity index (χ1) is 9.28. The summed E-state index contributed by atoms with van der Waals surface area (Å²) in [7, 11) is 3.93. The second-order valence-corrected chi connectivity index (χ2v) is 5.55. The summed E-state index contributed by atoms with van der Waals surface area (Å²) in [6, 6.07) is 8.34. The lowest BCUT2D eigenvalue weighted by molar-refractivity contribution is 0.216. The minimum Gasteiger partial charge on any atom is -0.497 e. The number of methoxy groups -OCH3 is 1. The quantitative estimate of drug-likeness (QED) is 0.795. The Hall–Kier alpha value is -1.06. The molecule has 1 saturated heterocycles. The van der Waals surface area contributed by atoms with E-state index in [0.29, 0.717) is 0 Å². The number of ether oxygens (including phenoxy) is 1. The highest BCUT2D eigenvalue weighted by Crippen LogP contribution is 2.15. The summed E-state index contributed by atoms with van der Waals surface area (Å²) in [5.41, 5.74) is 1.34. The molecule has 0 unspecified atom stereocenters. The molecule has 19 heavy (non-hydrogen) atoms. The minimum atomic E-state index is 0.863. The smallest absolute Gasteiger partial charge is 0.119 e. The van der Waals surface area contributed by atoms with E-state index in [1.54, 1.807) is 7.11 Å². The summed E-state index contributed by atoms with van der Waals surface area (Å²) < 4.78 is 5.24. The number of rotatable bonds is 6. The van der Waals surface area contributed by atoms with Crippen LogP contribution in [-0.4, -0.2) is 45.2 Å². The zero-order chi connectivity index (χ0) is 13.5. The van der Waals surface area contributed by atoms with Gasteiger partial charge in [0.15, 0.2) is 0 Å². The van der Waals surface area contributed by atoms with Gasteiger partial charge in [-0.1, -0.05) is 12.1 Å². The van der Waals surface area contributed by atoms with Crippen molar-refractivity contribution in [1.82, 2.24) is 10.2 Å². The molecule has 0 spiro atoms. The highest BCUT2D eigenvalue weighted by atomic mass is 16.5. The normalized spacial score (nSPS) is 17.6. The fraction of sp³-hybridized carbons (Fsp3) is 0.625. The van der Waals surface area contributed by atoms with Crippen molar-refractivity contribution in [2.45, 2.75) is 19.3 Å². The lowest BCUT2D eigenvalue weighted by Gasteiger charge is -2.29. The third kappa shape index (κ3) is 4.84. The first-order valence-electron chi connectivity index (χ1n) is 7.30. The number of hydrogen-bond donors (Lipinski definition) is 1. The Morgan fingerprint density at radius 1 is 1.32 bits per heavy atom. The van der Waals surface area contributed by atoms with Crippen molar-refractivity contribution in [3.63, 3.8) is 0 Å². The van der Waals surface area contributed by atoms with Crippen LogP contribution in [0.5, 0.6) is 5.75 Å². The van der Waals surface area contributed by atoms with Gasteiger partial charge in [0, 0.05) is 0 Å². The molecule has 0 aliphatic carbocycles. The van der Waals surface area contributed by atoms with Crippen molar-refractivity contribution in [2.75, 3.05) is 40.3 Å². The van der Waals surface area contributed by atoms with Crippen molar-refractivity contribution in [3.8, 4) is 5.75 Å². The predicted octanol–water partition coefficient (Wildman–Crippen LogP) is 2.17. The van der Waals surface area contributed by atoms with Crippen LogP contribution < -0.4 is 10.1 Å². The maximum absolute atomic E-state index is 5.24. The summed E-state index contributed by atoms with van der Waals surface area (Å²) in [6.45, 7) is 4.72. The summed E-state index contributed by atoms with van der Waals surface area (Å²) in [5, 5.41) is 3.60. The van der Waals surface area contributed by atoms with Crippen molar-refractivity contribution >= 4 is 0 Å². The first kappa shape index (κ1) is 14.4. The van der Waals surface area contributed by atoms with Gasteiger partial charge >= 0.3 is 0 Å². The van der Waals surface area contributed by atoms with Gasteiger partial charge in [-0.2, -0.15) is 0 Å². The highest BCUT2D eigenvalue weighted by Gasteiger charge is 2.15. The molecular formula is C16H26N2O. The molecule has 3 heteroatoms. The standard InChI is InChI=1S/C16H26N2O/c1-18-10-7-15(8-11-18)13-17-9-6-14-4-3-5-16(12-14)19-2/h3-5,12,15,17H,6-11,13H2,1-2H3. The molecule has 1 aliphatic heterocycles. The van der Waals surface area contributed by atoms with Crippen LogP contribution in [0.25, 0.3) is 0 Å². The molecule has 0 saturated carbocycles. The number of nitrogens with zero attached hydrogens (tertiary/aromatic N) is 1. The van der Waals surface area contributed by atoms with Gasteiger partial charge in [-0.05, 0) is 76.1 Å². The molecule has 0 amide bonds. The molecule has 106 valence electrons. The number of piperidine rings is 1. The monoisotopic (exact) mass is 262 g/mol. The van der Waals surface area contributed by atoms with E-state index < -0.39 is 0 Å². The number of benzene rings is 1. The molecule has 2 rings (SSSR count). The Bertz CT molecular complexity index is 373. The van der Waals surface area contributed by atoms with Crippen LogP contribution in [0.4, 0.5) is 0 Å². The predicted molar refractivity (Wildman–Crippen MR) is 79.8 cm³/mol. The molecule has 0 radical (unpaired) electrons. The van der Waals surface area contributed by atoms with Crippen LogP contribution >= 0.6 is 0 Å². The van der Waals surface area contributed by atoms with Crippen LogP contribution in [0.15, 0.2) is 24.3 Å². The van der Waals surface area contributed by atoms with Crippen LogP contribution in [0.2, 0.25) is 0 Å². The average molecular weight is 262 g/mol. The summed E-state index contributed by atoms with van der Waals surface area (Å²) in [4.78, 5) is 2.42. The van der Waals surface area contributed by atoms with E-state index in [1.165, 1.54) is 31.5 Å². The SMILES string of the molecule is COc1cccc(CCNCC2CCN(C)CC2)c1. The molecule has 1 heterocycles. The Kier molecular flexibility index (Phi) is 5.67. The first-order valence-corrected chi connectivity index (χ1v) is 7.30. The number of likely N-dealkylation sites (tertiary alicyclic amines) is 1. The van der Waals surface area contributed by atoms with E-state index in [9.17, 15) is 0 Å². The molecule has 1 aliphatic rings.